The Balaban J connectivity index is 1.28. The molecule has 0 aromatic carbocycles. The number of carbonyl (C=O) groups excluding carboxylic acids is 1. The maximum Gasteiger partial charge on any atom is 0.314 e. The van der Waals surface area contributed by atoms with Crippen molar-refractivity contribution in [2.24, 2.45) is 23.7 Å². The average Bonchev–Trinajstić information content (AvgIpc) is 2.88. The van der Waals surface area contributed by atoms with Crippen LogP contribution in [0.1, 0.15) is 135 Å². The number of carbonyl (C=O) groups is 1. The van der Waals surface area contributed by atoms with E-state index in [1.165, 1.54) is 103 Å². The van der Waals surface area contributed by atoms with Gasteiger partial charge >= 0.3 is 5.97 Å². The van der Waals surface area contributed by atoms with E-state index < -0.39 is 0 Å². The Kier molecular flexibility index (Phi) is 12.5. The summed E-state index contributed by atoms with van der Waals surface area (Å²) in [6.07, 6.45) is 26.4. The van der Waals surface area contributed by atoms with Gasteiger partial charge in [0.15, 0.2) is 0 Å². The molecule has 192 valence electrons. The van der Waals surface area contributed by atoms with Crippen molar-refractivity contribution in [3.63, 3.8) is 0 Å². The monoisotopic (exact) mass is 469 g/mol. The molecule has 1 aromatic rings. The van der Waals surface area contributed by atoms with E-state index in [0.717, 1.165) is 42.7 Å². The number of esters is 1. The second kappa shape index (κ2) is 15.6. The molecule has 2 aliphatic rings. The molecule has 0 saturated heterocycles. The summed E-state index contributed by atoms with van der Waals surface area (Å²) in [5.74, 6) is 3.44. The number of ether oxygens (including phenoxy) is 1. The minimum absolute atomic E-state index is 0.0435. The Bertz CT molecular complexity index is 669. The van der Waals surface area contributed by atoms with Gasteiger partial charge in [-0.2, -0.15) is 0 Å². The second-order valence-corrected chi connectivity index (χ2v) is 11.4. The fourth-order valence-corrected chi connectivity index (χ4v) is 6.19. The Morgan fingerprint density at radius 1 is 0.765 bits per heavy atom. The van der Waals surface area contributed by atoms with E-state index in [9.17, 15) is 4.79 Å². The molecule has 2 saturated carbocycles. The average molecular weight is 470 g/mol. The third-order valence-electron chi connectivity index (χ3n) is 8.65. The summed E-state index contributed by atoms with van der Waals surface area (Å²) in [4.78, 5) is 17.2. The highest BCUT2D eigenvalue weighted by Gasteiger charge is 2.29. The van der Waals surface area contributed by atoms with E-state index >= 15 is 0 Å². The Morgan fingerprint density at radius 3 is 1.94 bits per heavy atom. The molecule has 3 heteroatoms. The van der Waals surface area contributed by atoms with Crippen LogP contribution in [0.2, 0.25) is 0 Å². The first-order valence-corrected chi connectivity index (χ1v) is 14.8. The molecule has 3 rings (SSSR count). The zero-order valence-electron chi connectivity index (χ0n) is 22.2. The summed E-state index contributed by atoms with van der Waals surface area (Å²) in [6.45, 7) is 4.56. The van der Waals surface area contributed by atoms with E-state index in [1.807, 2.05) is 12.1 Å². The lowest BCUT2D eigenvalue weighted by Gasteiger charge is -2.31. The normalized spacial score (nSPS) is 25.2. The standard InChI is InChI=1S/C31H51NO2/c1-3-5-7-8-9-11-29-22-23-30(24-32-29)34-31(33)28-20-18-27(19-21-28)17-16-26-14-12-25(13-15-26)10-6-4-2/h22-28H,3-21H2,1-2H3/t25-,26-,27-,28-. The topological polar surface area (TPSA) is 39.2 Å². The third-order valence-corrected chi connectivity index (χ3v) is 8.65. The summed E-state index contributed by atoms with van der Waals surface area (Å²) in [5.41, 5.74) is 1.10. The number of unbranched alkanes of at least 4 members (excludes halogenated alkanes) is 5. The van der Waals surface area contributed by atoms with Gasteiger partial charge in [0.25, 0.3) is 0 Å². The first-order chi connectivity index (χ1) is 16.7. The predicted molar refractivity (Wildman–Crippen MR) is 142 cm³/mol. The molecule has 1 heterocycles. The van der Waals surface area contributed by atoms with E-state index in [0.29, 0.717) is 5.75 Å². The molecule has 0 aliphatic heterocycles. The van der Waals surface area contributed by atoms with Gasteiger partial charge in [-0.3, -0.25) is 9.78 Å². The molecular formula is C31H51NO2. The van der Waals surface area contributed by atoms with Gasteiger partial charge < -0.3 is 4.74 Å². The zero-order chi connectivity index (χ0) is 24.0. The van der Waals surface area contributed by atoms with Crippen molar-refractivity contribution in [3.05, 3.63) is 24.0 Å². The number of hydrogen-bond acceptors (Lipinski definition) is 3. The predicted octanol–water partition coefficient (Wildman–Crippen LogP) is 9.08. The molecule has 0 unspecified atom stereocenters. The lowest BCUT2D eigenvalue weighted by molar-refractivity contribution is -0.140. The van der Waals surface area contributed by atoms with Crippen molar-refractivity contribution in [1.29, 1.82) is 0 Å². The van der Waals surface area contributed by atoms with Crippen molar-refractivity contribution in [1.82, 2.24) is 4.98 Å². The van der Waals surface area contributed by atoms with Crippen LogP contribution >= 0.6 is 0 Å². The fraction of sp³-hybridized carbons (Fsp3) is 0.806. The highest BCUT2D eigenvalue weighted by atomic mass is 16.5. The van der Waals surface area contributed by atoms with Crippen molar-refractivity contribution < 1.29 is 9.53 Å². The lowest BCUT2D eigenvalue weighted by Crippen LogP contribution is -2.26. The molecule has 2 fully saturated rings. The van der Waals surface area contributed by atoms with Gasteiger partial charge in [-0.15, -0.1) is 0 Å². The molecule has 2 aliphatic carbocycles. The first-order valence-electron chi connectivity index (χ1n) is 14.8. The van der Waals surface area contributed by atoms with Crippen LogP contribution in [-0.2, 0) is 11.2 Å². The maximum atomic E-state index is 12.7. The number of aryl methyl sites for hydroxylation is 1. The SMILES string of the molecule is CCCCCCCc1ccc(OC(=O)[C@H]2CC[C@H](CC[C@H]3CC[C@H](CCCC)CC3)CC2)cn1. The summed E-state index contributed by atoms with van der Waals surface area (Å²) in [7, 11) is 0. The lowest BCUT2D eigenvalue weighted by atomic mass is 9.75. The Hall–Kier alpha value is -1.38. The molecule has 0 N–H and O–H groups in total. The first kappa shape index (κ1) is 27.2. The third kappa shape index (κ3) is 9.70. The maximum absolute atomic E-state index is 12.7. The summed E-state index contributed by atoms with van der Waals surface area (Å²) < 4.78 is 5.69. The highest BCUT2D eigenvalue weighted by molar-refractivity contribution is 5.75. The molecule has 0 atom stereocenters. The molecule has 0 spiro atoms. The molecule has 0 radical (unpaired) electrons. The van der Waals surface area contributed by atoms with E-state index in [1.54, 1.807) is 6.20 Å². The molecule has 0 bridgehead atoms. The van der Waals surface area contributed by atoms with Crippen molar-refractivity contribution in [2.45, 2.75) is 136 Å². The van der Waals surface area contributed by atoms with Crippen LogP contribution in [0.3, 0.4) is 0 Å². The van der Waals surface area contributed by atoms with Crippen molar-refractivity contribution in [3.8, 4) is 5.75 Å². The van der Waals surface area contributed by atoms with Gasteiger partial charge in [-0.1, -0.05) is 97.3 Å². The number of pyridine rings is 1. The summed E-state index contributed by atoms with van der Waals surface area (Å²) in [5, 5.41) is 0. The van der Waals surface area contributed by atoms with Crippen LogP contribution in [0.15, 0.2) is 18.3 Å². The van der Waals surface area contributed by atoms with E-state index in [2.05, 4.69) is 18.8 Å². The number of hydrogen-bond donors (Lipinski definition) is 0. The molecule has 34 heavy (non-hydrogen) atoms. The Labute approximate surface area is 209 Å². The van der Waals surface area contributed by atoms with Crippen LogP contribution < -0.4 is 4.74 Å². The van der Waals surface area contributed by atoms with Crippen LogP contribution in [0.5, 0.6) is 5.75 Å². The van der Waals surface area contributed by atoms with Gasteiger partial charge in [0.1, 0.15) is 5.75 Å². The van der Waals surface area contributed by atoms with Crippen LogP contribution in [-0.4, -0.2) is 11.0 Å². The summed E-state index contributed by atoms with van der Waals surface area (Å²) in [6, 6.07) is 3.95. The fourth-order valence-electron chi connectivity index (χ4n) is 6.19. The van der Waals surface area contributed by atoms with Crippen LogP contribution in [0.25, 0.3) is 0 Å². The molecule has 1 aromatic heterocycles. The second-order valence-electron chi connectivity index (χ2n) is 11.4. The van der Waals surface area contributed by atoms with Crippen LogP contribution in [0.4, 0.5) is 0 Å². The number of nitrogens with zero attached hydrogens (tertiary/aromatic N) is 1. The largest absolute Gasteiger partial charge is 0.425 e. The zero-order valence-corrected chi connectivity index (χ0v) is 22.2. The smallest absolute Gasteiger partial charge is 0.314 e. The Morgan fingerprint density at radius 2 is 1.35 bits per heavy atom. The van der Waals surface area contributed by atoms with Crippen LogP contribution in [0, 0.1) is 23.7 Å². The number of aromatic nitrogens is 1. The minimum Gasteiger partial charge on any atom is -0.425 e. The van der Waals surface area contributed by atoms with Gasteiger partial charge in [-0.05, 0) is 68.4 Å². The molecular weight excluding hydrogens is 418 g/mol. The summed E-state index contributed by atoms with van der Waals surface area (Å²) >= 11 is 0. The molecule has 0 amide bonds. The minimum atomic E-state index is -0.0435. The molecule has 3 nitrogen and oxygen atoms in total. The van der Waals surface area contributed by atoms with E-state index in [-0.39, 0.29) is 11.9 Å². The van der Waals surface area contributed by atoms with Gasteiger partial charge in [0, 0.05) is 5.69 Å². The van der Waals surface area contributed by atoms with E-state index in [4.69, 9.17) is 4.74 Å². The van der Waals surface area contributed by atoms with Gasteiger partial charge in [0.2, 0.25) is 0 Å². The van der Waals surface area contributed by atoms with Crippen molar-refractivity contribution >= 4 is 5.97 Å². The highest BCUT2D eigenvalue weighted by Crippen LogP contribution is 2.38. The quantitative estimate of drug-likeness (QED) is 0.201. The van der Waals surface area contributed by atoms with Gasteiger partial charge in [0.05, 0.1) is 12.1 Å². The van der Waals surface area contributed by atoms with Crippen molar-refractivity contribution in [2.75, 3.05) is 0 Å². The van der Waals surface area contributed by atoms with Gasteiger partial charge in [-0.25, -0.2) is 0 Å². The number of rotatable bonds is 14.